The van der Waals surface area contributed by atoms with Gasteiger partial charge in [0, 0.05) is 69.2 Å². The topological polar surface area (TPSA) is 48.8 Å². The Balaban J connectivity index is 1.50. The number of morpholine rings is 1. The molecule has 4 heterocycles. The lowest BCUT2D eigenvalue weighted by Gasteiger charge is -2.32. The molecule has 1 N–H and O–H groups in total. The molecule has 2 aromatic heterocycles. The molecule has 2 aliphatic rings. The number of hydrogen-bond acceptors (Lipinski definition) is 5. The molecule has 3 aromatic rings. The van der Waals surface area contributed by atoms with Crippen LogP contribution in [0.4, 0.5) is 5.69 Å². The number of rotatable bonds is 7. The fourth-order valence-corrected chi connectivity index (χ4v) is 5.77. The highest BCUT2D eigenvalue weighted by Gasteiger charge is 2.41. The minimum atomic E-state index is -0.00606. The van der Waals surface area contributed by atoms with Crippen molar-refractivity contribution in [3.05, 3.63) is 77.4 Å². The molecule has 2 saturated heterocycles. The van der Waals surface area contributed by atoms with Crippen LogP contribution >= 0.6 is 12.2 Å². The summed E-state index contributed by atoms with van der Waals surface area (Å²) in [7, 11) is 4.14. The summed E-state index contributed by atoms with van der Waals surface area (Å²) in [6.45, 7) is 9.78. The Hall–Kier alpha value is -2.94. The average Bonchev–Trinajstić information content (AvgIpc) is 3.38. The van der Waals surface area contributed by atoms with Crippen LogP contribution in [0.25, 0.3) is 5.69 Å². The molecule has 0 spiro atoms. The lowest BCUT2D eigenvalue weighted by molar-refractivity contribution is 0.0350. The van der Waals surface area contributed by atoms with Gasteiger partial charge in [-0.1, -0.05) is 6.07 Å². The Labute approximate surface area is 219 Å². The number of anilines is 1. The normalized spacial score (nSPS) is 20.6. The van der Waals surface area contributed by atoms with Crippen LogP contribution in [0.2, 0.25) is 0 Å². The highest BCUT2D eigenvalue weighted by molar-refractivity contribution is 7.80. The van der Waals surface area contributed by atoms with E-state index in [2.05, 4.69) is 95.0 Å². The molecule has 0 unspecified atom stereocenters. The molecule has 2 fully saturated rings. The fraction of sp³-hybridized carbons (Fsp3) is 0.429. The van der Waals surface area contributed by atoms with Crippen molar-refractivity contribution >= 4 is 23.0 Å². The maximum atomic E-state index is 5.91. The third kappa shape index (κ3) is 4.85. The zero-order valence-electron chi connectivity index (χ0n) is 21.6. The predicted octanol–water partition coefficient (Wildman–Crippen LogP) is 3.86. The molecule has 1 aromatic carbocycles. The van der Waals surface area contributed by atoms with E-state index < -0.39 is 0 Å². The molecule has 8 heteroatoms. The quantitative estimate of drug-likeness (QED) is 0.491. The number of nitrogens with zero attached hydrogens (tertiary/aromatic N) is 5. The van der Waals surface area contributed by atoms with E-state index in [1.54, 1.807) is 0 Å². The third-order valence-electron chi connectivity index (χ3n) is 7.37. The van der Waals surface area contributed by atoms with Crippen LogP contribution in [0, 0.1) is 13.8 Å². The van der Waals surface area contributed by atoms with Crippen LogP contribution < -0.4 is 10.2 Å². The molecular formula is C28H36N6OS. The van der Waals surface area contributed by atoms with Crippen LogP contribution in [0.1, 0.15) is 34.7 Å². The van der Waals surface area contributed by atoms with Crippen molar-refractivity contribution in [2.24, 2.45) is 0 Å². The zero-order chi connectivity index (χ0) is 25.2. The Bertz CT molecular complexity index is 1190. The summed E-state index contributed by atoms with van der Waals surface area (Å²) in [6, 6.07) is 17.2. The predicted molar refractivity (Wildman–Crippen MR) is 149 cm³/mol. The first-order chi connectivity index (χ1) is 17.4. The summed E-state index contributed by atoms with van der Waals surface area (Å²) in [5.41, 5.74) is 7.11. The fourth-order valence-electron chi connectivity index (χ4n) is 5.44. The van der Waals surface area contributed by atoms with Gasteiger partial charge in [0.2, 0.25) is 0 Å². The van der Waals surface area contributed by atoms with E-state index in [4.69, 9.17) is 21.9 Å². The van der Waals surface area contributed by atoms with Crippen LogP contribution in [-0.4, -0.2) is 78.0 Å². The Kier molecular flexibility index (Phi) is 7.27. The summed E-state index contributed by atoms with van der Waals surface area (Å²) in [5.74, 6) is 0. The molecule has 0 saturated carbocycles. The van der Waals surface area contributed by atoms with Gasteiger partial charge in [-0.2, -0.15) is 0 Å². The van der Waals surface area contributed by atoms with Gasteiger partial charge in [-0.25, -0.2) is 0 Å². The van der Waals surface area contributed by atoms with Crippen molar-refractivity contribution in [2.75, 3.05) is 58.4 Å². The van der Waals surface area contributed by atoms with Gasteiger partial charge in [0.1, 0.15) is 0 Å². The van der Waals surface area contributed by atoms with Gasteiger partial charge in [0.25, 0.3) is 0 Å². The molecule has 36 heavy (non-hydrogen) atoms. The standard InChI is InChI=1S/C28H36N6OS/c1-20-19-24(21(2)34(20)23-10-8-22(9-11-23)31(3)4)27-26(25-7-5-6-12-29-25)30-28(36)33(27)14-13-32-15-17-35-18-16-32/h5-12,19,26-27H,13-18H2,1-4H3,(H,30,36)/t26-,27+/m0/s1. The molecule has 190 valence electrons. The highest BCUT2D eigenvalue weighted by Crippen LogP contribution is 2.41. The molecule has 0 aliphatic carbocycles. The van der Waals surface area contributed by atoms with Gasteiger partial charge in [0.05, 0.1) is 31.0 Å². The van der Waals surface area contributed by atoms with E-state index in [-0.39, 0.29) is 12.1 Å². The van der Waals surface area contributed by atoms with Gasteiger partial charge >= 0.3 is 0 Å². The maximum absolute atomic E-state index is 5.91. The first-order valence-electron chi connectivity index (χ1n) is 12.7. The smallest absolute Gasteiger partial charge is 0.170 e. The van der Waals surface area contributed by atoms with Crippen molar-refractivity contribution in [2.45, 2.75) is 25.9 Å². The van der Waals surface area contributed by atoms with Crippen LogP contribution in [0.15, 0.2) is 54.7 Å². The lowest BCUT2D eigenvalue weighted by atomic mass is 9.96. The van der Waals surface area contributed by atoms with Gasteiger partial charge in [-0.3, -0.25) is 9.88 Å². The van der Waals surface area contributed by atoms with E-state index in [1.165, 1.54) is 28.3 Å². The van der Waals surface area contributed by atoms with Gasteiger partial charge in [-0.15, -0.1) is 0 Å². The zero-order valence-corrected chi connectivity index (χ0v) is 22.5. The van der Waals surface area contributed by atoms with E-state index in [1.807, 2.05) is 12.3 Å². The van der Waals surface area contributed by atoms with Crippen molar-refractivity contribution in [1.82, 2.24) is 24.7 Å². The number of hydrogen-bond donors (Lipinski definition) is 1. The largest absolute Gasteiger partial charge is 0.379 e. The Morgan fingerprint density at radius 1 is 1.06 bits per heavy atom. The van der Waals surface area contributed by atoms with Crippen LogP contribution in [-0.2, 0) is 4.74 Å². The molecule has 7 nitrogen and oxygen atoms in total. The monoisotopic (exact) mass is 504 g/mol. The molecule has 0 bridgehead atoms. The summed E-state index contributed by atoms with van der Waals surface area (Å²) in [4.78, 5) is 11.7. The van der Waals surface area contributed by atoms with E-state index in [0.29, 0.717) is 0 Å². The van der Waals surface area contributed by atoms with Crippen molar-refractivity contribution in [3.8, 4) is 5.69 Å². The minimum Gasteiger partial charge on any atom is -0.379 e. The lowest BCUT2D eigenvalue weighted by Crippen LogP contribution is -2.42. The highest BCUT2D eigenvalue weighted by atomic mass is 32.1. The number of ether oxygens (including phenoxy) is 1. The summed E-state index contributed by atoms with van der Waals surface area (Å²) in [6.07, 6.45) is 1.86. The number of benzene rings is 1. The first kappa shape index (κ1) is 24.7. The average molecular weight is 505 g/mol. The second-order valence-electron chi connectivity index (χ2n) is 9.85. The van der Waals surface area contributed by atoms with Gasteiger partial charge in [-0.05, 0) is 74.1 Å². The summed E-state index contributed by atoms with van der Waals surface area (Å²) in [5, 5.41) is 4.40. The number of aromatic nitrogens is 2. The molecule has 0 amide bonds. The van der Waals surface area contributed by atoms with Crippen LogP contribution in [0.5, 0.6) is 0 Å². The maximum Gasteiger partial charge on any atom is 0.170 e. The van der Waals surface area contributed by atoms with Gasteiger partial charge < -0.3 is 24.4 Å². The molecule has 2 aliphatic heterocycles. The molecule has 5 rings (SSSR count). The summed E-state index contributed by atoms with van der Waals surface area (Å²) < 4.78 is 7.90. The summed E-state index contributed by atoms with van der Waals surface area (Å²) >= 11 is 5.91. The molecule has 2 atom stereocenters. The second kappa shape index (κ2) is 10.6. The number of aryl methyl sites for hydroxylation is 1. The van der Waals surface area contributed by atoms with E-state index in [0.717, 1.165) is 50.2 Å². The van der Waals surface area contributed by atoms with Crippen LogP contribution in [0.3, 0.4) is 0 Å². The number of thiocarbonyl (C=S) groups is 1. The second-order valence-corrected chi connectivity index (χ2v) is 10.2. The number of nitrogens with one attached hydrogen (secondary N) is 1. The van der Waals surface area contributed by atoms with Crippen molar-refractivity contribution in [1.29, 1.82) is 0 Å². The van der Waals surface area contributed by atoms with E-state index in [9.17, 15) is 0 Å². The SMILES string of the molecule is Cc1cc([C@@H]2[C@H](c3ccccn3)NC(=S)N2CCN2CCOCC2)c(C)n1-c1ccc(N(C)C)cc1. The third-order valence-corrected chi connectivity index (χ3v) is 7.72. The van der Waals surface area contributed by atoms with Crippen molar-refractivity contribution in [3.63, 3.8) is 0 Å². The molecule has 0 radical (unpaired) electrons. The van der Waals surface area contributed by atoms with Gasteiger partial charge in [0.15, 0.2) is 5.11 Å². The van der Waals surface area contributed by atoms with Crippen molar-refractivity contribution < 1.29 is 4.74 Å². The number of pyridine rings is 1. The Morgan fingerprint density at radius 2 is 1.81 bits per heavy atom. The minimum absolute atomic E-state index is 0.00606. The van der Waals surface area contributed by atoms with E-state index >= 15 is 0 Å². The Morgan fingerprint density at radius 3 is 2.47 bits per heavy atom. The molecular weight excluding hydrogens is 468 g/mol. The first-order valence-corrected chi connectivity index (χ1v) is 13.1.